The maximum atomic E-state index is 6.13. The quantitative estimate of drug-likeness (QED) is 0.860. The van der Waals surface area contributed by atoms with Crippen LogP contribution in [0.3, 0.4) is 0 Å². The highest BCUT2D eigenvalue weighted by atomic mass is 35.5. The minimum Gasteiger partial charge on any atom is -0.431 e. The molecule has 0 amide bonds. The monoisotopic (exact) mass is 293 g/mol. The smallest absolute Gasteiger partial charge is 0.309 e. The molecule has 0 saturated heterocycles. The fourth-order valence-corrected chi connectivity index (χ4v) is 2.24. The van der Waals surface area contributed by atoms with Crippen LogP contribution in [0.25, 0.3) is 0 Å². The summed E-state index contributed by atoms with van der Waals surface area (Å²) in [7, 11) is 1.43. The van der Waals surface area contributed by atoms with Crippen LogP contribution in [-0.2, 0) is 21.7 Å². The van der Waals surface area contributed by atoms with E-state index in [1.165, 1.54) is 7.11 Å². The zero-order valence-electron chi connectivity index (χ0n) is 10.4. The third kappa shape index (κ3) is 4.23. The fourth-order valence-electron chi connectivity index (χ4n) is 1.22. The second-order valence-corrected chi connectivity index (χ2v) is 8.27. The van der Waals surface area contributed by atoms with Crippen molar-refractivity contribution < 1.29 is 9.05 Å². The van der Waals surface area contributed by atoms with Gasteiger partial charge in [0.2, 0.25) is 0 Å². The largest absolute Gasteiger partial charge is 0.431 e. The van der Waals surface area contributed by atoms with Crippen molar-refractivity contribution >= 4 is 30.1 Å². The van der Waals surface area contributed by atoms with E-state index in [1.54, 1.807) is 6.07 Å². The summed E-state index contributed by atoms with van der Waals surface area (Å²) in [5.74, 6) is 0.465. The van der Waals surface area contributed by atoms with Crippen molar-refractivity contribution in [3.63, 3.8) is 0 Å². The van der Waals surface area contributed by atoms with E-state index in [4.69, 9.17) is 38.0 Å². The number of nitrogens with two attached hydrogens (primary N) is 1. The zero-order valence-corrected chi connectivity index (χ0v) is 12.8. The molecule has 0 aliphatic rings. The van der Waals surface area contributed by atoms with Gasteiger partial charge in [0, 0.05) is 7.11 Å². The van der Waals surface area contributed by atoms with Gasteiger partial charge in [-0.15, -0.1) is 0 Å². The molecule has 1 unspecified atom stereocenters. The van der Waals surface area contributed by atoms with Crippen LogP contribution in [0, 0.1) is 0 Å². The third-order valence-corrected chi connectivity index (χ3v) is 4.20. The van der Waals surface area contributed by atoms with Gasteiger partial charge in [-0.05, 0) is 34.9 Å². The Morgan fingerprint density at radius 1 is 1.35 bits per heavy atom. The van der Waals surface area contributed by atoms with Gasteiger partial charge in [0.1, 0.15) is 5.75 Å². The number of benzene rings is 1. The predicted octanol–water partition coefficient (Wildman–Crippen LogP) is 3.85. The summed E-state index contributed by atoms with van der Waals surface area (Å²) >= 11 is 11.1. The van der Waals surface area contributed by atoms with Crippen molar-refractivity contribution in [3.05, 3.63) is 28.8 Å². The van der Waals surface area contributed by atoms with Crippen LogP contribution in [0.1, 0.15) is 26.3 Å². The number of hydrogen-bond acceptors (Lipinski definition) is 3. The van der Waals surface area contributed by atoms with E-state index in [9.17, 15) is 0 Å². The van der Waals surface area contributed by atoms with Crippen LogP contribution in [0.5, 0.6) is 5.75 Å². The molecule has 0 aliphatic heterocycles. The minimum absolute atomic E-state index is 0.0341. The molecule has 0 radical (unpaired) electrons. The Labute approximate surface area is 112 Å². The Morgan fingerprint density at radius 3 is 2.35 bits per heavy atom. The molecule has 0 bridgehead atoms. The van der Waals surface area contributed by atoms with E-state index >= 15 is 0 Å². The van der Waals surface area contributed by atoms with Gasteiger partial charge in [-0.25, -0.2) is 5.50 Å². The van der Waals surface area contributed by atoms with Crippen molar-refractivity contribution in [1.29, 1.82) is 0 Å². The first-order valence-electron chi connectivity index (χ1n) is 5.10. The molecule has 0 heterocycles. The van der Waals surface area contributed by atoms with Crippen molar-refractivity contribution in [2.24, 2.45) is 5.50 Å². The highest BCUT2D eigenvalue weighted by Crippen LogP contribution is 2.43. The predicted molar refractivity (Wildman–Crippen MR) is 76.3 cm³/mol. The summed E-state index contributed by atoms with van der Waals surface area (Å²) in [6.45, 7) is 3.61. The molecule has 1 aromatic carbocycles. The summed E-state index contributed by atoms with van der Waals surface area (Å²) in [5.41, 5.74) is 6.82. The van der Waals surface area contributed by atoms with E-state index < -0.39 is 6.64 Å². The molecule has 0 aromatic heterocycles. The van der Waals surface area contributed by atoms with Gasteiger partial charge in [-0.2, -0.15) is 0 Å². The minimum atomic E-state index is -2.73. The molecule has 0 saturated carbocycles. The molecule has 96 valence electrons. The summed E-state index contributed by atoms with van der Waals surface area (Å²) in [6.07, 6.45) is 0. The lowest BCUT2D eigenvalue weighted by atomic mass is 9.87. The molecule has 1 aromatic rings. The summed E-state index contributed by atoms with van der Waals surface area (Å²) in [5, 5.41) is 0.495. The fraction of sp³-hybridized carbons (Fsp3) is 0.455. The van der Waals surface area contributed by atoms with Gasteiger partial charge in [0.25, 0.3) is 0 Å². The average Bonchev–Trinajstić information content (AvgIpc) is 2.19. The maximum absolute atomic E-state index is 6.13. The Balaban J connectivity index is 3.03. The standard InChI is InChI=1S/C11H17ClNO2PS/c1-11(2,3)8-5-6-10(9(12)7-8)15-16(13,17)14-4/h5-7H,1-4H3,(H2,13,17). The average molecular weight is 294 g/mol. The molecule has 17 heavy (non-hydrogen) atoms. The van der Waals surface area contributed by atoms with E-state index in [-0.39, 0.29) is 5.41 Å². The molecule has 1 rings (SSSR count). The van der Waals surface area contributed by atoms with Crippen LogP contribution >= 0.6 is 18.2 Å². The first-order valence-corrected chi connectivity index (χ1v) is 8.18. The highest BCUT2D eigenvalue weighted by molar-refractivity contribution is 8.08. The van der Waals surface area contributed by atoms with E-state index in [2.05, 4.69) is 20.8 Å². The molecule has 0 fully saturated rings. The molecular weight excluding hydrogens is 277 g/mol. The van der Waals surface area contributed by atoms with Crippen molar-refractivity contribution in [2.75, 3.05) is 7.11 Å². The first-order chi connectivity index (χ1) is 7.65. The van der Waals surface area contributed by atoms with Gasteiger partial charge in [-0.3, -0.25) is 0 Å². The number of hydrogen-bond donors (Lipinski definition) is 1. The Kier molecular flexibility index (Phi) is 4.61. The summed E-state index contributed by atoms with van der Waals surface area (Å²) in [4.78, 5) is 0. The highest BCUT2D eigenvalue weighted by Gasteiger charge is 2.18. The molecular formula is C11H17ClNO2PS. The normalized spacial score (nSPS) is 15.4. The number of rotatable bonds is 3. The van der Waals surface area contributed by atoms with Crippen molar-refractivity contribution in [3.8, 4) is 5.75 Å². The van der Waals surface area contributed by atoms with Crippen LogP contribution in [0.15, 0.2) is 18.2 Å². The second-order valence-electron chi connectivity index (χ2n) is 4.71. The van der Waals surface area contributed by atoms with Crippen LogP contribution in [0.2, 0.25) is 5.02 Å². The van der Waals surface area contributed by atoms with E-state index in [0.29, 0.717) is 10.8 Å². The lowest BCUT2D eigenvalue weighted by Gasteiger charge is -2.21. The molecule has 0 spiro atoms. The van der Waals surface area contributed by atoms with Crippen LogP contribution in [-0.4, -0.2) is 7.11 Å². The van der Waals surface area contributed by atoms with Gasteiger partial charge in [0.15, 0.2) is 0 Å². The number of halogens is 1. The van der Waals surface area contributed by atoms with Gasteiger partial charge >= 0.3 is 6.64 Å². The van der Waals surface area contributed by atoms with Crippen LogP contribution < -0.4 is 10.0 Å². The molecule has 0 aliphatic carbocycles. The van der Waals surface area contributed by atoms with E-state index in [1.807, 2.05) is 12.1 Å². The first kappa shape index (κ1) is 14.9. The zero-order chi connectivity index (χ0) is 13.3. The molecule has 6 heteroatoms. The van der Waals surface area contributed by atoms with Gasteiger partial charge < -0.3 is 9.05 Å². The van der Waals surface area contributed by atoms with Crippen molar-refractivity contribution in [1.82, 2.24) is 0 Å². The summed E-state index contributed by atoms with van der Waals surface area (Å²) < 4.78 is 10.3. The van der Waals surface area contributed by atoms with Crippen molar-refractivity contribution in [2.45, 2.75) is 26.2 Å². The second kappa shape index (κ2) is 5.25. The van der Waals surface area contributed by atoms with Gasteiger partial charge in [-0.1, -0.05) is 38.4 Å². The van der Waals surface area contributed by atoms with Gasteiger partial charge in [0.05, 0.1) is 5.02 Å². The Hall–Kier alpha value is -0.120. The molecule has 3 nitrogen and oxygen atoms in total. The lowest BCUT2D eigenvalue weighted by Crippen LogP contribution is -2.11. The summed E-state index contributed by atoms with van der Waals surface area (Å²) in [6, 6.07) is 5.59. The lowest BCUT2D eigenvalue weighted by molar-refractivity contribution is 0.393. The molecule has 1 atom stereocenters. The van der Waals surface area contributed by atoms with Crippen LogP contribution in [0.4, 0.5) is 0 Å². The topological polar surface area (TPSA) is 44.5 Å². The maximum Gasteiger partial charge on any atom is 0.309 e. The Bertz CT molecular complexity index is 459. The molecule has 2 N–H and O–H groups in total. The SMILES string of the molecule is COP(N)(=S)Oc1ccc(C(C)(C)C)cc1Cl. The van der Waals surface area contributed by atoms with E-state index in [0.717, 1.165) is 5.56 Å². The third-order valence-electron chi connectivity index (χ3n) is 2.28. The Morgan fingerprint density at radius 2 is 1.94 bits per heavy atom.